The molecule has 3 aromatic rings. The number of ether oxygens (including phenoxy) is 2. The molecular weight excluding hydrogens is 363 g/mol. The van der Waals surface area contributed by atoms with Crippen molar-refractivity contribution in [2.24, 2.45) is 0 Å². The van der Waals surface area contributed by atoms with Gasteiger partial charge in [-0.1, -0.05) is 0 Å². The highest BCUT2D eigenvalue weighted by atomic mass is 19.1. The van der Waals surface area contributed by atoms with Gasteiger partial charge < -0.3 is 9.47 Å². The maximum Gasteiger partial charge on any atom is 0.412 e. The highest BCUT2D eigenvalue weighted by Crippen LogP contribution is 2.26. The van der Waals surface area contributed by atoms with Crippen LogP contribution in [0.5, 0.6) is 11.5 Å². The fourth-order valence-electron chi connectivity index (χ4n) is 2.34. The van der Waals surface area contributed by atoms with E-state index in [9.17, 15) is 9.18 Å². The molecule has 0 fully saturated rings. The van der Waals surface area contributed by atoms with E-state index < -0.39 is 17.5 Å². The molecule has 3 rings (SSSR count). The highest BCUT2D eigenvalue weighted by Gasteiger charge is 2.17. The largest absolute Gasteiger partial charge is 0.457 e. The summed E-state index contributed by atoms with van der Waals surface area (Å²) in [6.07, 6.45) is 4.41. The first-order chi connectivity index (χ1) is 13.2. The lowest BCUT2D eigenvalue weighted by molar-refractivity contribution is 0.0635. The van der Waals surface area contributed by atoms with Crippen molar-refractivity contribution in [3.63, 3.8) is 0 Å². The van der Waals surface area contributed by atoms with Crippen molar-refractivity contribution in [3.8, 4) is 17.3 Å². The number of rotatable bonds is 4. The molecule has 0 saturated carbocycles. The van der Waals surface area contributed by atoms with Crippen molar-refractivity contribution < 1.29 is 18.7 Å². The molecule has 0 atom stereocenters. The molecule has 0 aliphatic carbocycles. The van der Waals surface area contributed by atoms with E-state index in [0.717, 1.165) is 5.56 Å². The number of carbonyl (C=O) groups excluding carboxylic acids is 1. The summed E-state index contributed by atoms with van der Waals surface area (Å²) in [4.78, 5) is 16.0. The van der Waals surface area contributed by atoms with Gasteiger partial charge >= 0.3 is 6.09 Å². The number of hydrogen-bond acceptors (Lipinski definition) is 5. The van der Waals surface area contributed by atoms with E-state index in [1.165, 1.54) is 12.1 Å². The second-order valence-electron chi connectivity index (χ2n) is 7.18. The SMILES string of the molecule is Cc1cnn(-c2cc(Oc3ccc(NC(=O)OC(C)(C)C)c(F)c3)ccn2)c1. The van der Waals surface area contributed by atoms with E-state index in [1.807, 2.05) is 13.1 Å². The minimum Gasteiger partial charge on any atom is -0.457 e. The second-order valence-corrected chi connectivity index (χ2v) is 7.18. The van der Waals surface area contributed by atoms with E-state index in [4.69, 9.17) is 9.47 Å². The number of pyridine rings is 1. The van der Waals surface area contributed by atoms with Crippen LogP contribution in [0.1, 0.15) is 26.3 Å². The van der Waals surface area contributed by atoms with Crippen LogP contribution in [0.3, 0.4) is 0 Å². The predicted molar refractivity (Wildman–Crippen MR) is 102 cm³/mol. The van der Waals surface area contributed by atoms with Gasteiger partial charge in [0, 0.05) is 24.5 Å². The van der Waals surface area contributed by atoms with Crippen LogP contribution in [0.15, 0.2) is 48.9 Å². The molecule has 8 heteroatoms. The summed E-state index contributed by atoms with van der Waals surface area (Å²) in [6.45, 7) is 7.12. The van der Waals surface area contributed by atoms with Gasteiger partial charge in [-0.15, -0.1) is 0 Å². The van der Waals surface area contributed by atoms with Crippen LogP contribution in [0.4, 0.5) is 14.9 Å². The zero-order valence-corrected chi connectivity index (χ0v) is 16.1. The summed E-state index contributed by atoms with van der Waals surface area (Å²) in [5.41, 5.74) is 0.336. The van der Waals surface area contributed by atoms with E-state index in [2.05, 4.69) is 15.4 Å². The molecule has 0 unspecified atom stereocenters. The Morgan fingerprint density at radius 2 is 1.93 bits per heavy atom. The predicted octanol–water partition coefficient (Wildman–Crippen LogP) is 4.85. The van der Waals surface area contributed by atoms with E-state index in [-0.39, 0.29) is 11.4 Å². The molecule has 28 heavy (non-hydrogen) atoms. The summed E-state index contributed by atoms with van der Waals surface area (Å²) >= 11 is 0. The van der Waals surface area contributed by atoms with Crippen LogP contribution >= 0.6 is 0 Å². The molecule has 0 spiro atoms. The van der Waals surface area contributed by atoms with Crippen molar-refractivity contribution >= 4 is 11.8 Å². The molecule has 1 amide bonds. The number of aryl methyl sites for hydroxylation is 1. The van der Waals surface area contributed by atoms with Crippen LogP contribution in [-0.4, -0.2) is 26.5 Å². The smallest absolute Gasteiger partial charge is 0.412 e. The normalized spacial score (nSPS) is 11.2. The Labute approximate surface area is 162 Å². The molecule has 1 N–H and O–H groups in total. The Kier molecular flexibility index (Phi) is 5.30. The van der Waals surface area contributed by atoms with Crippen LogP contribution in [0.25, 0.3) is 5.82 Å². The first kappa shape index (κ1) is 19.3. The van der Waals surface area contributed by atoms with E-state index in [0.29, 0.717) is 11.6 Å². The van der Waals surface area contributed by atoms with Crippen LogP contribution in [0, 0.1) is 12.7 Å². The van der Waals surface area contributed by atoms with Gasteiger partial charge in [-0.2, -0.15) is 5.10 Å². The summed E-state index contributed by atoms with van der Waals surface area (Å²) in [5, 5.41) is 6.58. The Hall–Kier alpha value is -3.42. The lowest BCUT2D eigenvalue weighted by Crippen LogP contribution is -2.27. The van der Waals surface area contributed by atoms with Crippen molar-refractivity contribution in [3.05, 3.63) is 60.3 Å². The second kappa shape index (κ2) is 7.67. The lowest BCUT2D eigenvalue weighted by Gasteiger charge is -2.19. The summed E-state index contributed by atoms with van der Waals surface area (Å²) in [7, 11) is 0. The first-order valence-corrected chi connectivity index (χ1v) is 8.65. The Morgan fingerprint density at radius 1 is 1.18 bits per heavy atom. The van der Waals surface area contributed by atoms with Crippen LogP contribution in [-0.2, 0) is 4.74 Å². The first-order valence-electron chi connectivity index (χ1n) is 8.65. The molecule has 0 radical (unpaired) electrons. The number of nitrogens with one attached hydrogen (secondary N) is 1. The summed E-state index contributed by atoms with van der Waals surface area (Å²) < 4.78 is 26.8. The minimum absolute atomic E-state index is 0.00373. The molecule has 1 aromatic carbocycles. The van der Waals surface area contributed by atoms with E-state index >= 15 is 0 Å². The van der Waals surface area contributed by atoms with Crippen LogP contribution in [0.2, 0.25) is 0 Å². The third-order valence-corrected chi connectivity index (χ3v) is 3.48. The molecule has 0 saturated heterocycles. The molecule has 2 heterocycles. The number of halogens is 1. The molecule has 0 aliphatic heterocycles. The molecule has 2 aromatic heterocycles. The van der Waals surface area contributed by atoms with Gasteiger partial charge in [-0.25, -0.2) is 18.9 Å². The fourth-order valence-corrected chi connectivity index (χ4v) is 2.34. The van der Waals surface area contributed by atoms with Crippen molar-refractivity contribution in [1.82, 2.24) is 14.8 Å². The van der Waals surface area contributed by atoms with Crippen molar-refractivity contribution in [2.75, 3.05) is 5.32 Å². The lowest BCUT2D eigenvalue weighted by atomic mass is 10.2. The van der Waals surface area contributed by atoms with E-state index in [1.54, 1.807) is 56.0 Å². The maximum atomic E-state index is 14.3. The maximum absolute atomic E-state index is 14.3. The number of benzene rings is 1. The van der Waals surface area contributed by atoms with Gasteiger partial charge in [0.15, 0.2) is 11.6 Å². The number of amides is 1. The zero-order valence-electron chi connectivity index (χ0n) is 16.1. The third-order valence-electron chi connectivity index (χ3n) is 3.48. The number of hydrogen-bond donors (Lipinski definition) is 1. The van der Waals surface area contributed by atoms with Gasteiger partial charge in [-0.3, -0.25) is 5.32 Å². The van der Waals surface area contributed by atoms with Gasteiger partial charge in [0.2, 0.25) is 0 Å². The quantitative estimate of drug-likeness (QED) is 0.695. The standard InChI is InChI=1S/C20H21FN4O3/c1-13-11-23-25(12-13)18-10-15(7-8-22-18)27-14-5-6-17(16(21)9-14)24-19(26)28-20(2,3)4/h5-12H,1-4H3,(H,24,26). The average molecular weight is 384 g/mol. The monoisotopic (exact) mass is 384 g/mol. The third kappa shape index (κ3) is 5.06. The van der Waals surface area contributed by atoms with Crippen molar-refractivity contribution in [2.45, 2.75) is 33.3 Å². The molecule has 146 valence electrons. The Morgan fingerprint density at radius 3 is 2.57 bits per heavy atom. The zero-order chi connectivity index (χ0) is 20.3. The highest BCUT2D eigenvalue weighted by molar-refractivity contribution is 5.85. The van der Waals surface area contributed by atoms with Crippen molar-refractivity contribution in [1.29, 1.82) is 0 Å². The summed E-state index contributed by atoms with van der Waals surface area (Å²) in [6, 6.07) is 7.49. The fraction of sp³-hybridized carbons (Fsp3) is 0.250. The van der Waals surface area contributed by atoms with Gasteiger partial charge in [0.25, 0.3) is 0 Å². The number of nitrogens with zero attached hydrogens (tertiary/aromatic N) is 3. The molecular formula is C20H21FN4O3. The number of carbonyl (C=O) groups is 1. The van der Waals surface area contributed by atoms with Gasteiger partial charge in [0.1, 0.15) is 17.1 Å². The topological polar surface area (TPSA) is 78.3 Å². The number of anilines is 1. The Balaban J connectivity index is 1.72. The molecule has 7 nitrogen and oxygen atoms in total. The Bertz CT molecular complexity index is 995. The summed E-state index contributed by atoms with van der Waals surface area (Å²) in [5.74, 6) is 0.695. The molecule has 0 aliphatic rings. The van der Waals surface area contributed by atoms with Gasteiger partial charge in [0.05, 0.1) is 11.9 Å². The average Bonchev–Trinajstić information content (AvgIpc) is 3.02. The minimum atomic E-state index is -0.728. The van der Waals surface area contributed by atoms with Gasteiger partial charge in [-0.05, 0) is 51.5 Å². The molecule has 0 bridgehead atoms. The number of aromatic nitrogens is 3. The van der Waals surface area contributed by atoms with Crippen LogP contribution < -0.4 is 10.1 Å².